The maximum Gasteiger partial charge on any atom is 0.352 e. The number of hydrogen-bond acceptors (Lipinski definition) is 2. The number of aromatic nitrogens is 1. The molecule has 0 amide bonds. The smallest absolute Gasteiger partial charge is 0.352 e. The number of fused-ring (bicyclic) bond motifs is 1. The zero-order valence-corrected chi connectivity index (χ0v) is 9.71. The molecule has 0 atom stereocenters. The van der Waals surface area contributed by atoms with Gasteiger partial charge in [0.25, 0.3) is 0 Å². The Bertz CT molecular complexity index is 741. The van der Waals surface area contributed by atoms with Crippen molar-refractivity contribution in [3.8, 4) is 0 Å². The molecule has 0 unspecified atom stereocenters. The van der Waals surface area contributed by atoms with Crippen LogP contribution in [0.25, 0.3) is 10.9 Å². The molecule has 1 heterocycles. The van der Waals surface area contributed by atoms with Crippen LogP contribution >= 0.6 is 11.6 Å². The summed E-state index contributed by atoms with van der Waals surface area (Å²) < 4.78 is 0. The van der Waals surface area contributed by atoms with Crippen LogP contribution in [0.15, 0.2) is 10.9 Å². The van der Waals surface area contributed by atoms with Crippen molar-refractivity contribution in [3.63, 3.8) is 0 Å². The van der Waals surface area contributed by atoms with Crippen molar-refractivity contribution >= 4 is 68.4 Å². The van der Waals surface area contributed by atoms with Gasteiger partial charge in [-0.25, -0.2) is 4.79 Å². The summed E-state index contributed by atoms with van der Waals surface area (Å²) >= 11 is 5.85. The minimum Gasteiger partial charge on any atom is -0.477 e. The predicted octanol–water partition coefficient (Wildman–Crippen LogP) is -1.74. The molecule has 0 fully saturated rings. The highest BCUT2D eigenvalue weighted by Crippen LogP contribution is 2.08. The average Bonchev–Trinajstić information content (AvgIpc) is 2.32. The second-order valence-electron chi connectivity index (χ2n) is 3.66. The summed E-state index contributed by atoms with van der Waals surface area (Å²) in [6.07, 6.45) is 0. The van der Waals surface area contributed by atoms with Crippen molar-refractivity contribution < 1.29 is 9.90 Å². The van der Waals surface area contributed by atoms with E-state index in [1.165, 1.54) is 0 Å². The summed E-state index contributed by atoms with van der Waals surface area (Å²) in [4.78, 5) is 25.2. The predicted molar refractivity (Wildman–Crippen MR) is 72.7 cm³/mol. The standard InChI is InChI=1S/C10H3B3ClNO3/c11-5-4-3(16)1-2(10(17)18)15-9(4)7(13)8(14)6(5)12/h1H,(H,15,16)(H,17,18). The van der Waals surface area contributed by atoms with Gasteiger partial charge in [0.2, 0.25) is 0 Å². The van der Waals surface area contributed by atoms with E-state index in [1.54, 1.807) is 0 Å². The van der Waals surface area contributed by atoms with Crippen LogP contribution in [0.2, 0.25) is 5.02 Å². The third-order valence-corrected chi connectivity index (χ3v) is 2.97. The minimum absolute atomic E-state index is 0.00441. The fraction of sp³-hybridized carbons (Fsp3) is 0. The van der Waals surface area contributed by atoms with E-state index in [4.69, 9.17) is 40.2 Å². The van der Waals surface area contributed by atoms with E-state index in [0.717, 1.165) is 6.07 Å². The van der Waals surface area contributed by atoms with Crippen LogP contribution < -0.4 is 21.8 Å². The third-order valence-electron chi connectivity index (χ3n) is 2.56. The van der Waals surface area contributed by atoms with Gasteiger partial charge < -0.3 is 10.1 Å². The zero-order chi connectivity index (χ0) is 13.6. The highest BCUT2D eigenvalue weighted by atomic mass is 35.5. The fourth-order valence-corrected chi connectivity index (χ4v) is 1.85. The lowest BCUT2D eigenvalue weighted by molar-refractivity contribution is 0.0691. The first-order valence-electron chi connectivity index (χ1n) is 4.76. The van der Waals surface area contributed by atoms with Gasteiger partial charge in [-0.15, -0.1) is 0 Å². The fourth-order valence-electron chi connectivity index (χ4n) is 1.65. The van der Waals surface area contributed by atoms with Crippen LogP contribution in [0.5, 0.6) is 0 Å². The number of rotatable bonds is 1. The molecule has 8 heteroatoms. The number of benzene rings is 1. The van der Waals surface area contributed by atoms with E-state index in [9.17, 15) is 9.59 Å². The van der Waals surface area contributed by atoms with Gasteiger partial charge in [0, 0.05) is 22.0 Å². The average molecular weight is 253 g/mol. The number of H-pyrrole nitrogens is 1. The van der Waals surface area contributed by atoms with Gasteiger partial charge in [0.15, 0.2) is 5.43 Å². The van der Waals surface area contributed by atoms with Crippen molar-refractivity contribution in [2.24, 2.45) is 0 Å². The van der Waals surface area contributed by atoms with E-state index < -0.39 is 11.4 Å². The quantitative estimate of drug-likeness (QED) is 0.593. The highest BCUT2D eigenvalue weighted by molar-refractivity contribution is 6.62. The van der Waals surface area contributed by atoms with Crippen molar-refractivity contribution in [1.82, 2.24) is 4.98 Å². The lowest BCUT2D eigenvalue weighted by atomic mass is 9.74. The monoisotopic (exact) mass is 253 g/mol. The normalized spacial score (nSPS) is 10.7. The topological polar surface area (TPSA) is 70.2 Å². The molecule has 4 nitrogen and oxygen atoms in total. The molecule has 2 aromatic rings. The number of halogens is 1. The molecular formula is C10H3B3ClNO3. The maximum absolute atomic E-state index is 11.8. The molecule has 1 aromatic heterocycles. The first kappa shape index (κ1) is 12.8. The number of carboxylic acid groups (broad SMARTS) is 1. The Kier molecular flexibility index (Phi) is 3.03. The molecule has 0 bridgehead atoms. The van der Waals surface area contributed by atoms with E-state index in [1.807, 2.05) is 0 Å². The molecule has 82 valence electrons. The zero-order valence-electron chi connectivity index (χ0n) is 8.95. The Balaban J connectivity index is 3.07. The molecule has 0 saturated carbocycles. The Morgan fingerprint density at radius 2 is 1.83 bits per heavy atom. The van der Waals surface area contributed by atoms with Gasteiger partial charge in [-0.2, -0.15) is 0 Å². The van der Waals surface area contributed by atoms with Crippen molar-refractivity contribution in [2.75, 3.05) is 0 Å². The Morgan fingerprint density at radius 1 is 1.22 bits per heavy atom. The second kappa shape index (κ2) is 4.25. The number of aromatic amines is 1. The van der Waals surface area contributed by atoms with Crippen LogP contribution in [0.3, 0.4) is 0 Å². The molecule has 0 aliphatic heterocycles. The number of carbonyl (C=O) groups is 1. The third kappa shape index (κ3) is 1.75. The number of carboxylic acids is 1. The Hall–Kier alpha value is -1.62. The maximum atomic E-state index is 11.8. The SMILES string of the molecule is [B]c1c(Cl)c([B])c2[nH]c(C(=O)O)cc(=O)c2c1[B]. The van der Waals surface area contributed by atoms with Crippen LogP contribution in [0.4, 0.5) is 0 Å². The highest BCUT2D eigenvalue weighted by Gasteiger charge is 2.14. The van der Waals surface area contributed by atoms with Gasteiger partial charge in [-0.05, 0) is 0 Å². The van der Waals surface area contributed by atoms with Crippen molar-refractivity contribution in [1.29, 1.82) is 0 Å². The first-order valence-corrected chi connectivity index (χ1v) is 5.14. The van der Waals surface area contributed by atoms with E-state index >= 15 is 0 Å². The van der Waals surface area contributed by atoms with E-state index in [2.05, 4.69) is 4.98 Å². The van der Waals surface area contributed by atoms with E-state index in [-0.39, 0.29) is 38.0 Å². The van der Waals surface area contributed by atoms with Gasteiger partial charge in [0.05, 0.1) is 0 Å². The van der Waals surface area contributed by atoms with Gasteiger partial charge in [0.1, 0.15) is 29.2 Å². The molecule has 6 radical (unpaired) electrons. The van der Waals surface area contributed by atoms with Gasteiger partial charge in [-0.1, -0.05) is 28.0 Å². The summed E-state index contributed by atoms with van der Waals surface area (Å²) in [5.74, 6) is -1.29. The number of pyridine rings is 1. The molecular weight excluding hydrogens is 250 g/mol. The van der Waals surface area contributed by atoms with Crippen LogP contribution in [0.1, 0.15) is 10.5 Å². The Morgan fingerprint density at radius 3 is 2.39 bits per heavy atom. The summed E-state index contributed by atoms with van der Waals surface area (Å²) in [6.45, 7) is 0. The summed E-state index contributed by atoms with van der Waals surface area (Å²) in [6, 6.07) is 0.911. The molecule has 1 aromatic carbocycles. The van der Waals surface area contributed by atoms with Crippen molar-refractivity contribution in [3.05, 3.63) is 27.0 Å². The van der Waals surface area contributed by atoms with Crippen LogP contribution in [-0.4, -0.2) is 39.6 Å². The van der Waals surface area contributed by atoms with E-state index in [0.29, 0.717) is 0 Å². The molecule has 2 N–H and O–H groups in total. The van der Waals surface area contributed by atoms with Crippen molar-refractivity contribution in [2.45, 2.75) is 0 Å². The first-order chi connectivity index (χ1) is 8.34. The lowest BCUT2D eigenvalue weighted by Crippen LogP contribution is -2.36. The van der Waals surface area contributed by atoms with Crippen LogP contribution in [-0.2, 0) is 0 Å². The Labute approximate surface area is 111 Å². The molecule has 0 aliphatic rings. The molecule has 0 aliphatic carbocycles. The number of aromatic carboxylic acids is 1. The molecule has 2 rings (SSSR count). The largest absolute Gasteiger partial charge is 0.477 e. The van der Waals surface area contributed by atoms with Crippen LogP contribution in [0, 0.1) is 0 Å². The summed E-state index contributed by atoms with van der Waals surface area (Å²) in [5.41, 5.74) is -0.874. The summed E-state index contributed by atoms with van der Waals surface area (Å²) in [7, 11) is 17.0. The summed E-state index contributed by atoms with van der Waals surface area (Å²) in [5, 5.41) is 8.86. The lowest BCUT2D eigenvalue weighted by Gasteiger charge is -2.13. The molecule has 0 spiro atoms. The number of hydrogen-bond donors (Lipinski definition) is 2. The minimum atomic E-state index is -1.29. The van der Waals surface area contributed by atoms with Gasteiger partial charge >= 0.3 is 5.97 Å². The number of nitrogens with one attached hydrogen (secondary N) is 1. The second-order valence-corrected chi connectivity index (χ2v) is 4.04. The van der Waals surface area contributed by atoms with Gasteiger partial charge in [-0.3, -0.25) is 4.79 Å². The molecule has 0 saturated heterocycles. The molecule has 18 heavy (non-hydrogen) atoms.